The Bertz CT molecular complexity index is 1390. The molecule has 0 aliphatic carbocycles. The summed E-state index contributed by atoms with van der Waals surface area (Å²) in [6.07, 6.45) is 0.672. The van der Waals surface area contributed by atoms with E-state index in [0.29, 0.717) is 17.9 Å². The molecular formula is C27H28N2O5S. The van der Waals surface area contributed by atoms with Gasteiger partial charge in [-0.15, -0.1) is 0 Å². The van der Waals surface area contributed by atoms with E-state index >= 15 is 0 Å². The molecule has 2 atom stereocenters. The molecule has 182 valence electrons. The monoisotopic (exact) mass is 492 g/mol. The number of sulfonamides is 1. The molecule has 3 aromatic rings. The Kier molecular flexibility index (Phi) is 5.81. The predicted molar refractivity (Wildman–Crippen MR) is 133 cm³/mol. The van der Waals surface area contributed by atoms with E-state index in [2.05, 4.69) is 5.32 Å². The highest BCUT2D eigenvalue weighted by molar-refractivity contribution is 7.89. The maximum absolute atomic E-state index is 13.9. The lowest BCUT2D eigenvalue weighted by Gasteiger charge is -2.34. The first-order chi connectivity index (χ1) is 16.8. The fourth-order valence-electron chi connectivity index (χ4n) is 5.50. The van der Waals surface area contributed by atoms with Gasteiger partial charge in [-0.3, -0.25) is 4.79 Å². The van der Waals surface area contributed by atoms with Crippen LogP contribution < -0.4 is 14.8 Å². The number of hydrogen-bond acceptors (Lipinski definition) is 5. The van der Waals surface area contributed by atoms with Crippen LogP contribution in [0.15, 0.2) is 71.6 Å². The summed E-state index contributed by atoms with van der Waals surface area (Å²) in [5, 5.41) is 3.00. The molecule has 0 aromatic heterocycles. The van der Waals surface area contributed by atoms with E-state index in [4.69, 9.17) is 9.47 Å². The zero-order chi connectivity index (χ0) is 24.8. The van der Waals surface area contributed by atoms with E-state index in [0.717, 1.165) is 22.4 Å². The highest BCUT2D eigenvalue weighted by Gasteiger charge is 2.60. The minimum Gasteiger partial charge on any atom is -0.493 e. The number of benzene rings is 3. The van der Waals surface area contributed by atoms with Crippen molar-refractivity contribution in [2.24, 2.45) is 0 Å². The van der Waals surface area contributed by atoms with Crippen LogP contribution >= 0.6 is 0 Å². The number of nitrogens with one attached hydrogen (secondary N) is 1. The van der Waals surface area contributed by atoms with Crippen molar-refractivity contribution < 1.29 is 22.7 Å². The summed E-state index contributed by atoms with van der Waals surface area (Å²) in [7, 11) is -0.745. The Morgan fingerprint density at radius 1 is 1.00 bits per heavy atom. The largest absolute Gasteiger partial charge is 0.493 e. The lowest BCUT2D eigenvalue weighted by atomic mass is 9.73. The van der Waals surface area contributed by atoms with Crippen LogP contribution in [0.1, 0.15) is 23.1 Å². The van der Waals surface area contributed by atoms with Crippen LogP contribution in [0.25, 0.3) is 0 Å². The fourth-order valence-corrected chi connectivity index (χ4v) is 7.18. The number of carbonyl (C=O) groups excluding carboxylic acids is 1. The molecule has 1 amide bonds. The standard InChI is InChI=1S/C27H28N2O5S/c1-18-11-13-20(14-12-18)35(31,32)29-16-15-27(21-8-4-5-9-22(21)28-26(27)30)24(29)17-19-7-6-10-23(33-2)25(19)34-3/h4-14,24H,15-17H2,1-3H3,(H,28,30)/t24-,27+/m0/s1. The lowest BCUT2D eigenvalue weighted by Crippen LogP contribution is -2.50. The zero-order valence-corrected chi connectivity index (χ0v) is 20.8. The first-order valence-electron chi connectivity index (χ1n) is 11.5. The predicted octanol–water partition coefficient (Wildman–Crippen LogP) is 3.91. The third-order valence-corrected chi connectivity index (χ3v) is 9.15. The summed E-state index contributed by atoms with van der Waals surface area (Å²) < 4.78 is 40.5. The second-order valence-corrected chi connectivity index (χ2v) is 10.9. The molecule has 0 unspecified atom stereocenters. The van der Waals surface area contributed by atoms with Crippen molar-refractivity contribution in [3.8, 4) is 11.5 Å². The molecule has 1 spiro atoms. The summed E-state index contributed by atoms with van der Waals surface area (Å²) in [6.45, 7) is 2.15. The molecule has 1 saturated heterocycles. The average molecular weight is 493 g/mol. The van der Waals surface area contributed by atoms with Gasteiger partial charge in [0.25, 0.3) is 0 Å². The average Bonchev–Trinajstić information content (AvgIpc) is 3.38. The van der Waals surface area contributed by atoms with Gasteiger partial charge in [-0.05, 0) is 55.2 Å². The molecule has 1 fully saturated rings. The molecule has 0 saturated carbocycles. The third-order valence-electron chi connectivity index (χ3n) is 7.23. The van der Waals surface area contributed by atoms with Gasteiger partial charge >= 0.3 is 0 Å². The summed E-state index contributed by atoms with van der Waals surface area (Å²) >= 11 is 0. The van der Waals surface area contributed by atoms with Crippen LogP contribution in [0.2, 0.25) is 0 Å². The van der Waals surface area contributed by atoms with Crippen LogP contribution in [0.4, 0.5) is 5.69 Å². The van der Waals surface area contributed by atoms with Gasteiger partial charge in [-0.2, -0.15) is 4.31 Å². The number of methoxy groups -OCH3 is 2. The second-order valence-electron chi connectivity index (χ2n) is 9.02. The normalized spacial score (nSPS) is 21.7. The van der Waals surface area contributed by atoms with Crippen molar-refractivity contribution in [2.75, 3.05) is 26.1 Å². The number of rotatable bonds is 6. The summed E-state index contributed by atoms with van der Waals surface area (Å²) in [4.78, 5) is 13.8. The van der Waals surface area contributed by atoms with Gasteiger partial charge in [0, 0.05) is 18.3 Å². The van der Waals surface area contributed by atoms with Crippen molar-refractivity contribution in [3.05, 3.63) is 83.4 Å². The van der Waals surface area contributed by atoms with Gasteiger partial charge in [0.15, 0.2) is 11.5 Å². The molecule has 8 heteroatoms. The van der Waals surface area contributed by atoms with Gasteiger partial charge in [0.1, 0.15) is 0 Å². The van der Waals surface area contributed by atoms with Crippen LogP contribution in [0.5, 0.6) is 11.5 Å². The molecule has 35 heavy (non-hydrogen) atoms. The first kappa shape index (κ1) is 23.4. The maximum Gasteiger partial charge on any atom is 0.243 e. The Labute approximate surface area is 205 Å². The van der Waals surface area contributed by atoms with Gasteiger partial charge in [-0.25, -0.2) is 8.42 Å². The number of fused-ring (bicyclic) bond motifs is 2. The highest BCUT2D eigenvalue weighted by atomic mass is 32.2. The van der Waals surface area contributed by atoms with Crippen molar-refractivity contribution in [1.82, 2.24) is 4.31 Å². The third kappa shape index (κ3) is 3.59. The Morgan fingerprint density at radius 2 is 1.74 bits per heavy atom. The van der Waals surface area contributed by atoms with E-state index < -0.39 is 21.5 Å². The molecular weight excluding hydrogens is 464 g/mol. The van der Waals surface area contributed by atoms with E-state index in [-0.39, 0.29) is 23.8 Å². The van der Waals surface area contributed by atoms with Crippen molar-refractivity contribution >= 4 is 21.6 Å². The van der Waals surface area contributed by atoms with E-state index in [1.165, 1.54) is 4.31 Å². The number of hydrogen-bond donors (Lipinski definition) is 1. The lowest BCUT2D eigenvalue weighted by molar-refractivity contribution is -0.121. The number of anilines is 1. The quantitative estimate of drug-likeness (QED) is 0.564. The minimum absolute atomic E-state index is 0.174. The number of nitrogens with zero attached hydrogens (tertiary/aromatic N) is 1. The molecule has 2 aliphatic heterocycles. The summed E-state index contributed by atoms with van der Waals surface area (Å²) in [5.41, 5.74) is 2.30. The molecule has 0 bridgehead atoms. The molecule has 5 rings (SSSR count). The summed E-state index contributed by atoms with van der Waals surface area (Å²) in [5.74, 6) is 0.921. The smallest absolute Gasteiger partial charge is 0.243 e. The second kappa shape index (κ2) is 8.70. The van der Waals surface area contributed by atoms with Gasteiger partial charge in [-0.1, -0.05) is 48.0 Å². The number of ether oxygens (including phenoxy) is 2. The van der Waals surface area contributed by atoms with Crippen LogP contribution in [0, 0.1) is 6.92 Å². The van der Waals surface area contributed by atoms with E-state index in [1.807, 2.05) is 43.3 Å². The highest BCUT2D eigenvalue weighted by Crippen LogP contribution is 2.51. The maximum atomic E-state index is 13.9. The van der Waals surface area contributed by atoms with Crippen molar-refractivity contribution in [1.29, 1.82) is 0 Å². The molecule has 3 aromatic carbocycles. The molecule has 1 N–H and O–H groups in total. The van der Waals surface area contributed by atoms with E-state index in [9.17, 15) is 13.2 Å². The SMILES string of the molecule is COc1cccc(C[C@@H]2N(S(=O)(=O)c3ccc(C)cc3)CC[C@]23C(=O)Nc2ccccc23)c1OC. The number of para-hydroxylation sites is 2. The number of amides is 1. The zero-order valence-electron chi connectivity index (χ0n) is 19.9. The first-order valence-corrected chi connectivity index (χ1v) is 13.0. The summed E-state index contributed by atoms with van der Waals surface area (Å²) in [6, 6.07) is 19.3. The fraction of sp³-hybridized carbons (Fsp3) is 0.296. The van der Waals surface area contributed by atoms with Crippen LogP contribution in [0.3, 0.4) is 0 Å². The Morgan fingerprint density at radius 3 is 2.46 bits per heavy atom. The number of carbonyl (C=O) groups is 1. The Hall–Kier alpha value is -3.36. The molecule has 7 nitrogen and oxygen atoms in total. The van der Waals surface area contributed by atoms with E-state index in [1.54, 1.807) is 44.6 Å². The van der Waals surface area contributed by atoms with Gasteiger partial charge < -0.3 is 14.8 Å². The molecule has 2 aliphatic rings. The minimum atomic E-state index is -3.87. The van der Waals surface area contributed by atoms with Crippen molar-refractivity contribution in [3.63, 3.8) is 0 Å². The van der Waals surface area contributed by atoms with Crippen molar-refractivity contribution in [2.45, 2.75) is 36.1 Å². The topological polar surface area (TPSA) is 84.9 Å². The van der Waals surface area contributed by atoms with Gasteiger partial charge in [0.05, 0.1) is 24.5 Å². The van der Waals surface area contributed by atoms with Gasteiger partial charge in [0.2, 0.25) is 15.9 Å². The number of aryl methyl sites for hydroxylation is 1. The van der Waals surface area contributed by atoms with Crippen LogP contribution in [-0.2, 0) is 26.7 Å². The Balaban J connectivity index is 1.67. The molecule has 2 heterocycles. The van der Waals surface area contributed by atoms with Crippen LogP contribution in [-0.4, -0.2) is 45.4 Å². The molecule has 0 radical (unpaired) electrons.